The van der Waals surface area contributed by atoms with Gasteiger partial charge in [-0.15, -0.1) is 0 Å². The largest absolute Gasteiger partial charge is 0.314 e. The smallest absolute Gasteiger partial charge is 0.243 e. The number of halogens is 1. The number of rotatable bonds is 2. The number of benzene rings is 1. The van der Waals surface area contributed by atoms with E-state index in [0.29, 0.717) is 24.5 Å². The van der Waals surface area contributed by atoms with Gasteiger partial charge in [0.2, 0.25) is 10.0 Å². The molecule has 0 unspecified atom stereocenters. The van der Waals surface area contributed by atoms with Crippen LogP contribution in [-0.4, -0.2) is 37.9 Å². The molecule has 6 heteroatoms. The lowest BCUT2D eigenvalue weighted by atomic mass is 10.0. The lowest BCUT2D eigenvalue weighted by Crippen LogP contribution is -2.59. The Labute approximate surface area is 117 Å². The first kappa shape index (κ1) is 14.0. The number of hydrogen-bond donors (Lipinski definition) is 1. The zero-order valence-electron chi connectivity index (χ0n) is 10.5. The van der Waals surface area contributed by atoms with Crippen LogP contribution in [0.2, 0.25) is 0 Å². The van der Waals surface area contributed by atoms with Crippen molar-refractivity contribution in [1.29, 1.82) is 0 Å². The van der Waals surface area contributed by atoms with Crippen molar-refractivity contribution in [2.75, 3.05) is 19.6 Å². The second-order valence-electron chi connectivity index (χ2n) is 5.02. The molecule has 0 spiro atoms. The van der Waals surface area contributed by atoms with Crippen LogP contribution < -0.4 is 5.32 Å². The summed E-state index contributed by atoms with van der Waals surface area (Å²) in [4.78, 5) is 0.348. The molecule has 1 heterocycles. The zero-order chi connectivity index (χ0) is 13.4. The molecule has 1 saturated heterocycles. The van der Waals surface area contributed by atoms with E-state index in [0.717, 1.165) is 4.47 Å². The van der Waals surface area contributed by atoms with Gasteiger partial charge in [0.05, 0.1) is 4.90 Å². The maximum atomic E-state index is 12.6. The average Bonchev–Trinajstić information content (AvgIpc) is 2.28. The fourth-order valence-corrected chi connectivity index (χ4v) is 4.19. The molecule has 0 aromatic heterocycles. The van der Waals surface area contributed by atoms with Crippen molar-refractivity contribution in [3.05, 3.63) is 28.7 Å². The average molecular weight is 333 g/mol. The summed E-state index contributed by atoms with van der Waals surface area (Å²) in [6, 6.07) is 6.78. The van der Waals surface area contributed by atoms with Gasteiger partial charge in [0.25, 0.3) is 0 Å². The molecule has 0 amide bonds. The molecule has 0 atom stereocenters. The third kappa shape index (κ3) is 2.61. The van der Waals surface area contributed by atoms with Gasteiger partial charge in [-0.25, -0.2) is 8.42 Å². The van der Waals surface area contributed by atoms with Crippen molar-refractivity contribution >= 4 is 26.0 Å². The maximum Gasteiger partial charge on any atom is 0.243 e. The molecule has 1 aliphatic rings. The van der Waals surface area contributed by atoms with Gasteiger partial charge in [0.1, 0.15) is 0 Å². The van der Waals surface area contributed by atoms with Crippen LogP contribution in [0.5, 0.6) is 0 Å². The first-order chi connectivity index (χ1) is 8.34. The van der Waals surface area contributed by atoms with Gasteiger partial charge in [-0.1, -0.05) is 15.9 Å². The van der Waals surface area contributed by atoms with Crippen molar-refractivity contribution in [1.82, 2.24) is 9.62 Å². The topological polar surface area (TPSA) is 49.4 Å². The molecule has 100 valence electrons. The van der Waals surface area contributed by atoms with Crippen LogP contribution in [0, 0.1) is 0 Å². The molecule has 0 aliphatic carbocycles. The van der Waals surface area contributed by atoms with E-state index < -0.39 is 15.6 Å². The highest BCUT2D eigenvalue weighted by molar-refractivity contribution is 9.10. The summed E-state index contributed by atoms with van der Waals surface area (Å²) in [6.45, 7) is 5.75. The lowest BCUT2D eigenvalue weighted by Gasteiger charge is -2.41. The molecule has 0 bridgehead atoms. The Morgan fingerprint density at radius 3 is 2.44 bits per heavy atom. The summed E-state index contributed by atoms with van der Waals surface area (Å²) in [5.74, 6) is 0. The Balaban J connectivity index is 2.38. The van der Waals surface area contributed by atoms with Crippen molar-refractivity contribution in [2.45, 2.75) is 24.3 Å². The van der Waals surface area contributed by atoms with Crippen LogP contribution in [0.1, 0.15) is 13.8 Å². The molecule has 1 aromatic carbocycles. The van der Waals surface area contributed by atoms with Gasteiger partial charge in [0, 0.05) is 29.6 Å². The van der Waals surface area contributed by atoms with Crippen LogP contribution >= 0.6 is 15.9 Å². The Hall–Kier alpha value is -0.430. The Morgan fingerprint density at radius 2 is 1.89 bits per heavy atom. The fraction of sp³-hybridized carbons (Fsp3) is 0.500. The van der Waals surface area contributed by atoms with E-state index in [9.17, 15) is 8.42 Å². The summed E-state index contributed by atoms with van der Waals surface area (Å²) in [5, 5.41) is 3.22. The molecule has 1 aromatic rings. The van der Waals surface area contributed by atoms with Crippen molar-refractivity contribution in [2.24, 2.45) is 0 Å². The summed E-state index contributed by atoms with van der Waals surface area (Å²) >= 11 is 3.31. The predicted octanol–water partition coefficient (Wildman–Crippen LogP) is 1.82. The summed E-state index contributed by atoms with van der Waals surface area (Å²) in [7, 11) is -3.41. The van der Waals surface area contributed by atoms with Gasteiger partial charge >= 0.3 is 0 Å². The van der Waals surface area contributed by atoms with E-state index in [2.05, 4.69) is 21.2 Å². The summed E-state index contributed by atoms with van der Waals surface area (Å²) in [5.41, 5.74) is -0.399. The fourth-order valence-electron chi connectivity index (χ4n) is 2.15. The highest BCUT2D eigenvalue weighted by Gasteiger charge is 2.38. The lowest BCUT2D eigenvalue weighted by molar-refractivity contribution is 0.186. The molecule has 0 saturated carbocycles. The number of nitrogens with one attached hydrogen (secondary N) is 1. The summed E-state index contributed by atoms with van der Waals surface area (Å²) < 4.78 is 27.7. The third-order valence-corrected chi connectivity index (χ3v) is 5.78. The standard InChI is InChI=1S/C12H17BrN2O2S/c1-12(2)9-14-7-8-15(12)18(16,17)11-5-3-10(13)4-6-11/h3-6,14H,7-9H2,1-2H3. The van der Waals surface area contributed by atoms with E-state index in [4.69, 9.17) is 0 Å². The maximum absolute atomic E-state index is 12.6. The Morgan fingerprint density at radius 1 is 1.28 bits per heavy atom. The van der Waals surface area contributed by atoms with Crippen LogP contribution in [0.3, 0.4) is 0 Å². The number of sulfonamides is 1. The normalized spacial score (nSPS) is 20.8. The minimum atomic E-state index is -3.41. The SMILES string of the molecule is CC1(C)CNCCN1S(=O)(=O)c1ccc(Br)cc1. The highest BCUT2D eigenvalue weighted by atomic mass is 79.9. The molecular formula is C12H17BrN2O2S. The van der Waals surface area contributed by atoms with Gasteiger partial charge in [-0.05, 0) is 38.1 Å². The van der Waals surface area contributed by atoms with E-state index in [1.54, 1.807) is 28.6 Å². The number of nitrogens with zero attached hydrogens (tertiary/aromatic N) is 1. The van der Waals surface area contributed by atoms with E-state index in [1.807, 2.05) is 13.8 Å². The zero-order valence-corrected chi connectivity index (χ0v) is 12.9. The first-order valence-electron chi connectivity index (χ1n) is 5.83. The predicted molar refractivity (Wildman–Crippen MR) is 75.0 cm³/mol. The third-order valence-electron chi connectivity index (χ3n) is 3.13. The molecule has 1 aliphatic heterocycles. The Kier molecular flexibility index (Phi) is 3.82. The van der Waals surface area contributed by atoms with Crippen molar-refractivity contribution in [3.63, 3.8) is 0 Å². The monoisotopic (exact) mass is 332 g/mol. The summed E-state index contributed by atoms with van der Waals surface area (Å²) in [6.07, 6.45) is 0. The van der Waals surface area contributed by atoms with E-state index >= 15 is 0 Å². The number of piperazine rings is 1. The van der Waals surface area contributed by atoms with Gasteiger partial charge in [0.15, 0.2) is 0 Å². The van der Waals surface area contributed by atoms with Crippen LogP contribution in [0.15, 0.2) is 33.6 Å². The first-order valence-corrected chi connectivity index (χ1v) is 8.06. The van der Waals surface area contributed by atoms with Gasteiger partial charge in [-0.2, -0.15) is 4.31 Å². The van der Waals surface area contributed by atoms with Crippen molar-refractivity contribution < 1.29 is 8.42 Å². The Bertz CT molecular complexity index is 526. The van der Waals surface area contributed by atoms with Crippen LogP contribution in [-0.2, 0) is 10.0 Å². The molecule has 2 rings (SSSR count). The van der Waals surface area contributed by atoms with Crippen LogP contribution in [0.4, 0.5) is 0 Å². The minimum absolute atomic E-state index is 0.348. The molecule has 1 fully saturated rings. The second-order valence-corrected chi connectivity index (χ2v) is 7.80. The molecule has 1 N–H and O–H groups in total. The number of hydrogen-bond acceptors (Lipinski definition) is 3. The van der Waals surface area contributed by atoms with E-state index in [1.165, 1.54) is 0 Å². The quantitative estimate of drug-likeness (QED) is 0.898. The van der Waals surface area contributed by atoms with Crippen LogP contribution in [0.25, 0.3) is 0 Å². The van der Waals surface area contributed by atoms with Gasteiger partial charge < -0.3 is 5.32 Å². The minimum Gasteiger partial charge on any atom is -0.314 e. The molecule has 4 nitrogen and oxygen atoms in total. The van der Waals surface area contributed by atoms with E-state index in [-0.39, 0.29) is 0 Å². The molecular weight excluding hydrogens is 316 g/mol. The molecule has 0 radical (unpaired) electrons. The second kappa shape index (κ2) is 4.92. The van der Waals surface area contributed by atoms with Gasteiger partial charge in [-0.3, -0.25) is 0 Å². The highest BCUT2D eigenvalue weighted by Crippen LogP contribution is 2.26. The van der Waals surface area contributed by atoms with Crippen molar-refractivity contribution in [3.8, 4) is 0 Å². The molecule has 18 heavy (non-hydrogen) atoms.